The van der Waals surface area contributed by atoms with Gasteiger partial charge >= 0.3 is 6.09 Å². The minimum absolute atomic E-state index is 0.189. The Balaban J connectivity index is 1.71. The lowest BCUT2D eigenvalue weighted by Crippen LogP contribution is -2.46. The van der Waals surface area contributed by atoms with Gasteiger partial charge in [0.1, 0.15) is 11.6 Å². The molecule has 1 fully saturated rings. The summed E-state index contributed by atoms with van der Waals surface area (Å²) in [7, 11) is 0. The Morgan fingerprint density at radius 1 is 1.16 bits per heavy atom. The molecule has 5 nitrogen and oxygen atoms in total. The standard InChI is InChI=1S/C19H22N2O3S/c1-19(2,3)24-18(23)21-12-25-11-16(21)17(22)20-15-9-8-13-6-4-5-7-14(13)10-15/h4-10,16H,11-12H2,1-3H3,(H,20,22)/t16-/m1/s1. The molecular weight excluding hydrogens is 336 g/mol. The number of hydrogen-bond donors (Lipinski definition) is 1. The Bertz CT molecular complexity index is 801. The lowest BCUT2D eigenvalue weighted by atomic mass is 10.1. The van der Waals surface area contributed by atoms with Gasteiger partial charge in [-0.2, -0.15) is 0 Å². The van der Waals surface area contributed by atoms with Crippen molar-refractivity contribution in [3.8, 4) is 0 Å². The molecule has 25 heavy (non-hydrogen) atoms. The monoisotopic (exact) mass is 358 g/mol. The summed E-state index contributed by atoms with van der Waals surface area (Å²) in [6.45, 7) is 5.45. The van der Waals surface area contributed by atoms with Crippen LogP contribution >= 0.6 is 11.8 Å². The molecule has 0 bridgehead atoms. The van der Waals surface area contributed by atoms with Crippen molar-refractivity contribution in [2.24, 2.45) is 0 Å². The van der Waals surface area contributed by atoms with Gasteiger partial charge in [0.25, 0.3) is 0 Å². The summed E-state index contributed by atoms with van der Waals surface area (Å²) < 4.78 is 5.40. The first-order chi connectivity index (χ1) is 11.8. The van der Waals surface area contributed by atoms with Gasteiger partial charge in [0.2, 0.25) is 5.91 Å². The third-order valence-electron chi connectivity index (χ3n) is 3.83. The highest BCUT2D eigenvalue weighted by molar-refractivity contribution is 7.99. The number of nitrogens with one attached hydrogen (secondary N) is 1. The maximum Gasteiger partial charge on any atom is 0.411 e. The van der Waals surface area contributed by atoms with Gasteiger partial charge in [-0.3, -0.25) is 9.69 Å². The largest absolute Gasteiger partial charge is 0.444 e. The van der Waals surface area contributed by atoms with Gasteiger partial charge in [-0.1, -0.05) is 30.3 Å². The lowest BCUT2D eigenvalue weighted by Gasteiger charge is -2.27. The van der Waals surface area contributed by atoms with E-state index in [-0.39, 0.29) is 5.91 Å². The zero-order valence-corrected chi connectivity index (χ0v) is 15.4. The Kier molecular flexibility index (Phi) is 4.90. The van der Waals surface area contributed by atoms with E-state index in [0.717, 1.165) is 16.5 Å². The molecule has 6 heteroatoms. The van der Waals surface area contributed by atoms with Crippen molar-refractivity contribution in [2.75, 3.05) is 16.9 Å². The maximum atomic E-state index is 12.7. The molecule has 0 unspecified atom stereocenters. The van der Waals surface area contributed by atoms with Crippen molar-refractivity contribution >= 4 is 40.2 Å². The van der Waals surface area contributed by atoms with E-state index in [1.807, 2.05) is 63.2 Å². The molecule has 132 valence electrons. The summed E-state index contributed by atoms with van der Waals surface area (Å²) in [6.07, 6.45) is -0.448. The van der Waals surface area contributed by atoms with Crippen LogP contribution in [0.25, 0.3) is 10.8 Å². The molecule has 1 saturated heterocycles. The Morgan fingerprint density at radius 2 is 1.88 bits per heavy atom. The maximum absolute atomic E-state index is 12.7. The molecule has 1 heterocycles. The third-order valence-corrected chi connectivity index (χ3v) is 4.84. The van der Waals surface area contributed by atoms with Crippen molar-refractivity contribution in [3.63, 3.8) is 0 Å². The predicted molar refractivity (Wildman–Crippen MR) is 102 cm³/mol. The summed E-state index contributed by atoms with van der Waals surface area (Å²) in [4.78, 5) is 26.5. The molecule has 0 aromatic heterocycles. The van der Waals surface area contributed by atoms with E-state index in [9.17, 15) is 9.59 Å². The first-order valence-corrected chi connectivity index (χ1v) is 9.36. The van der Waals surface area contributed by atoms with Gasteiger partial charge in [-0.15, -0.1) is 11.8 Å². The Morgan fingerprint density at radius 3 is 2.60 bits per heavy atom. The van der Waals surface area contributed by atoms with Crippen molar-refractivity contribution in [1.29, 1.82) is 0 Å². The van der Waals surface area contributed by atoms with Crippen molar-refractivity contribution < 1.29 is 14.3 Å². The van der Waals surface area contributed by atoms with Crippen LogP contribution in [-0.4, -0.2) is 40.2 Å². The molecule has 3 rings (SSSR count). The summed E-state index contributed by atoms with van der Waals surface area (Å²) in [5.41, 5.74) is 0.147. The smallest absolute Gasteiger partial charge is 0.411 e. The van der Waals surface area contributed by atoms with Gasteiger partial charge in [0.05, 0.1) is 5.88 Å². The first kappa shape index (κ1) is 17.6. The molecule has 0 saturated carbocycles. The second-order valence-electron chi connectivity index (χ2n) is 7.02. The summed E-state index contributed by atoms with van der Waals surface area (Å²) in [5.74, 6) is 0.842. The molecule has 2 amide bonds. The topological polar surface area (TPSA) is 58.6 Å². The molecular formula is C19H22N2O3S. The van der Waals surface area contributed by atoms with E-state index >= 15 is 0 Å². The average molecular weight is 358 g/mol. The van der Waals surface area contributed by atoms with E-state index in [2.05, 4.69) is 5.32 Å². The fraction of sp³-hybridized carbons (Fsp3) is 0.368. The SMILES string of the molecule is CC(C)(C)OC(=O)N1CSC[C@@H]1C(=O)Nc1ccc2ccccc2c1. The van der Waals surface area contributed by atoms with Crippen LogP contribution in [-0.2, 0) is 9.53 Å². The van der Waals surface area contributed by atoms with Crippen LogP contribution in [0, 0.1) is 0 Å². The van der Waals surface area contributed by atoms with Crippen molar-refractivity contribution in [3.05, 3.63) is 42.5 Å². The van der Waals surface area contributed by atoms with E-state index in [1.165, 1.54) is 4.90 Å². The highest BCUT2D eigenvalue weighted by Gasteiger charge is 2.37. The normalized spacial score (nSPS) is 17.6. The van der Waals surface area contributed by atoms with Gasteiger partial charge in [-0.25, -0.2) is 4.79 Å². The Labute approximate surface area is 151 Å². The number of benzene rings is 2. The highest BCUT2D eigenvalue weighted by Crippen LogP contribution is 2.25. The van der Waals surface area contributed by atoms with Crippen molar-refractivity contribution in [2.45, 2.75) is 32.4 Å². The van der Waals surface area contributed by atoms with Gasteiger partial charge < -0.3 is 10.1 Å². The second-order valence-corrected chi connectivity index (χ2v) is 8.02. The Hall–Kier alpha value is -2.21. The number of fused-ring (bicyclic) bond motifs is 1. The van der Waals surface area contributed by atoms with Crippen LogP contribution in [0.5, 0.6) is 0 Å². The van der Waals surface area contributed by atoms with Gasteiger partial charge in [-0.05, 0) is 43.7 Å². The average Bonchev–Trinajstić information content (AvgIpc) is 3.03. The molecule has 1 N–H and O–H groups in total. The second kappa shape index (κ2) is 6.96. The zero-order chi connectivity index (χ0) is 18.0. The number of amides is 2. The van der Waals surface area contributed by atoms with E-state index in [0.29, 0.717) is 11.6 Å². The molecule has 0 spiro atoms. The fourth-order valence-corrected chi connectivity index (χ4v) is 3.80. The number of carbonyl (C=O) groups excluding carboxylic acids is 2. The number of nitrogens with zero attached hydrogens (tertiary/aromatic N) is 1. The molecule has 1 atom stereocenters. The molecule has 2 aromatic rings. The van der Waals surface area contributed by atoms with Crippen LogP contribution in [0.15, 0.2) is 42.5 Å². The van der Waals surface area contributed by atoms with Crippen LogP contribution in [0.3, 0.4) is 0 Å². The molecule has 2 aromatic carbocycles. The number of hydrogen-bond acceptors (Lipinski definition) is 4. The summed E-state index contributed by atoms with van der Waals surface area (Å²) in [6, 6.07) is 13.2. The first-order valence-electron chi connectivity index (χ1n) is 8.20. The fourth-order valence-electron chi connectivity index (χ4n) is 2.65. The third kappa shape index (κ3) is 4.25. The van der Waals surface area contributed by atoms with Gasteiger partial charge in [0, 0.05) is 11.4 Å². The van der Waals surface area contributed by atoms with Crippen LogP contribution in [0.1, 0.15) is 20.8 Å². The summed E-state index contributed by atoms with van der Waals surface area (Å²) in [5, 5.41) is 5.10. The van der Waals surface area contributed by atoms with E-state index in [4.69, 9.17) is 4.74 Å². The highest BCUT2D eigenvalue weighted by atomic mass is 32.2. The number of thioether (sulfide) groups is 1. The number of ether oxygens (including phenoxy) is 1. The molecule has 1 aliphatic rings. The number of carbonyl (C=O) groups is 2. The molecule has 0 aliphatic carbocycles. The van der Waals surface area contributed by atoms with Gasteiger partial charge in [0.15, 0.2) is 0 Å². The zero-order valence-electron chi connectivity index (χ0n) is 14.6. The van der Waals surface area contributed by atoms with Crippen LogP contribution in [0.2, 0.25) is 0 Å². The minimum atomic E-state index is -0.580. The van der Waals surface area contributed by atoms with E-state index < -0.39 is 17.7 Å². The lowest BCUT2D eigenvalue weighted by molar-refractivity contribution is -0.120. The molecule has 0 radical (unpaired) electrons. The van der Waals surface area contributed by atoms with Crippen LogP contribution < -0.4 is 5.32 Å². The molecule has 1 aliphatic heterocycles. The quantitative estimate of drug-likeness (QED) is 0.878. The van der Waals surface area contributed by atoms with E-state index in [1.54, 1.807) is 11.8 Å². The minimum Gasteiger partial charge on any atom is -0.444 e. The van der Waals surface area contributed by atoms with Crippen LogP contribution in [0.4, 0.5) is 10.5 Å². The number of rotatable bonds is 2. The predicted octanol–water partition coefficient (Wildman–Crippen LogP) is 4.09. The van der Waals surface area contributed by atoms with Crippen molar-refractivity contribution in [1.82, 2.24) is 4.90 Å². The summed E-state index contributed by atoms with van der Waals surface area (Å²) >= 11 is 1.55. The number of anilines is 1.